The Balaban J connectivity index is 2.08. The second-order valence-electron chi connectivity index (χ2n) is 5.90. The van der Waals surface area contributed by atoms with Gasteiger partial charge in [-0.1, -0.05) is 55.2 Å². The number of anilines is 1. The van der Waals surface area contributed by atoms with Crippen LogP contribution in [0.1, 0.15) is 5.56 Å². The van der Waals surface area contributed by atoms with Gasteiger partial charge in [-0.25, -0.2) is 8.78 Å². The molecule has 0 aliphatic rings. The fraction of sp³-hybridized carbons (Fsp3) is 0.250. The van der Waals surface area contributed by atoms with Crippen LogP contribution in [0.4, 0.5) is 14.5 Å². The first kappa shape index (κ1) is 14.7. The summed E-state index contributed by atoms with van der Waals surface area (Å²) in [4.78, 5) is 0. The topological polar surface area (TPSA) is 12.0 Å². The van der Waals surface area contributed by atoms with Crippen molar-refractivity contribution < 1.29 is 8.78 Å². The molecule has 0 heterocycles. The van der Waals surface area contributed by atoms with Gasteiger partial charge in [-0.05, 0) is 17.7 Å². The smallest absolute Gasteiger partial charge is 0.149 e. The molecule has 0 bridgehead atoms. The molecule has 2 aromatic rings. The standard InChI is InChI=1S/C16H19F2NSi/c1-20(2,3)13-9-7-12(8-10-13)11-19-16-14(17)5-4-6-15(16)18/h4-10,19H,11H2,1-3H3. The Hall–Kier alpha value is -1.68. The predicted octanol–water partition coefficient (Wildman–Crippen LogP) is 4.12. The van der Waals surface area contributed by atoms with Crippen LogP contribution < -0.4 is 10.5 Å². The van der Waals surface area contributed by atoms with Crippen molar-refractivity contribution in [1.82, 2.24) is 0 Å². The molecular weight excluding hydrogens is 272 g/mol. The molecule has 0 atom stereocenters. The van der Waals surface area contributed by atoms with Crippen LogP contribution in [0.2, 0.25) is 19.6 Å². The van der Waals surface area contributed by atoms with Crippen molar-refractivity contribution in [2.45, 2.75) is 26.2 Å². The summed E-state index contributed by atoms with van der Waals surface area (Å²) in [6.45, 7) is 7.27. The largest absolute Gasteiger partial charge is 0.376 e. The summed E-state index contributed by atoms with van der Waals surface area (Å²) in [5, 5.41) is 4.19. The fourth-order valence-electron chi connectivity index (χ4n) is 1.98. The molecule has 0 saturated carbocycles. The van der Waals surface area contributed by atoms with Crippen molar-refractivity contribution >= 4 is 18.9 Å². The molecule has 2 rings (SSSR count). The second kappa shape index (κ2) is 5.75. The summed E-state index contributed by atoms with van der Waals surface area (Å²) in [6, 6.07) is 12.1. The predicted molar refractivity (Wildman–Crippen MR) is 83.1 cm³/mol. The molecule has 0 radical (unpaired) electrons. The molecule has 0 aliphatic carbocycles. The van der Waals surface area contributed by atoms with Gasteiger partial charge in [0.1, 0.15) is 17.3 Å². The highest BCUT2D eigenvalue weighted by atomic mass is 28.3. The Bertz CT molecular complexity index is 568. The molecule has 0 amide bonds. The first-order valence-corrected chi connectivity index (χ1v) is 10.2. The third kappa shape index (κ3) is 3.45. The lowest BCUT2D eigenvalue weighted by atomic mass is 10.2. The maximum Gasteiger partial charge on any atom is 0.149 e. The molecule has 2 aromatic carbocycles. The van der Waals surface area contributed by atoms with E-state index < -0.39 is 19.7 Å². The molecule has 0 unspecified atom stereocenters. The fourth-order valence-corrected chi connectivity index (χ4v) is 3.15. The summed E-state index contributed by atoms with van der Waals surface area (Å²) in [6.07, 6.45) is 0. The van der Waals surface area contributed by atoms with Crippen molar-refractivity contribution in [3.8, 4) is 0 Å². The number of benzene rings is 2. The normalized spacial score (nSPS) is 11.4. The number of rotatable bonds is 4. The Morgan fingerprint density at radius 2 is 1.45 bits per heavy atom. The zero-order valence-corrected chi connectivity index (χ0v) is 13.0. The lowest BCUT2D eigenvalue weighted by Crippen LogP contribution is -2.37. The quantitative estimate of drug-likeness (QED) is 0.836. The lowest BCUT2D eigenvalue weighted by Gasteiger charge is -2.17. The van der Waals surface area contributed by atoms with Gasteiger partial charge in [0.05, 0.1) is 8.07 Å². The van der Waals surface area contributed by atoms with Crippen molar-refractivity contribution in [2.75, 3.05) is 5.32 Å². The number of halogens is 2. The van der Waals surface area contributed by atoms with E-state index >= 15 is 0 Å². The molecular formula is C16H19F2NSi. The van der Waals surface area contributed by atoms with Crippen LogP contribution >= 0.6 is 0 Å². The van der Waals surface area contributed by atoms with E-state index in [4.69, 9.17) is 0 Å². The van der Waals surface area contributed by atoms with E-state index in [1.165, 1.54) is 23.4 Å². The van der Waals surface area contributed by atoms with E-state index in [-0.39, 0.29) is 5.69 Å². The van der Waals surface area contributed by atoms with Crippen molar-refractivity contribution in [1.29, 1.82) is 0 Å². The van der Waals surface area contributed by atoms with Gasteiger partial charge in [-0.2, -0.15) is 0 Å². The molecule has 0 spiro atoms. The van der Waals surface area contributed by atoms with Gasteiger partial charge in [0.2, 0.25) is 0 Å². The molecule has 0 saturated heterocycles. The number of para-hydroxylation sites is 1. The Kier molecular flexibility index (Phi) is 4.23. The third-order valence-electron chi connectivity index (χ3n) is 3.25. The molecule has 106 valence electrons. The molecule has 1 nitrogen and oxygen atoms in total. The Labute approximate surface area is 119 Å². The van der Waals surface area contributed by atoms with Crippen LogP contribution in [0.15, 0.2) is 42.5 Å². The van der Waals surface area contributed by atoms with Gasteiger partial charge < -0.3 is 5.32 Å². The van der Waals surface area contributed by atoms with Crippen LogP contribution in [-0.2, 0) is 6.54 Å². The zero-order valence-electron chi connectivity index (χ0n) is 12.0. The minimum Gasteiger partial charge on any atom is -0.376 e. The second-order valence-corrected chi connectivity index (χ2v) is 11.0. The molecule has 0 aromatic heterocycles. The minimum absolute atomic E-state index is 0.0678. The minimum atomic E-state index is -1.30. The maximum atomic E-state index is 13.5. The zero-order chi connectivity index (χ0) is 14.8. The van der Waals surface area contributed by atoms with Crippen molar-refractivity contribution in [3.05, 3.63) is 59.7 Å². The molecule has 0 fully saturated rings. The number of hydrogen-bond acceptors (Lipinski definition) is 1. The summed E-state index contributed by atoms with van der Waals surface area (Å²) in [5.41, 5.74) is 0.941. The van der Waals surface area contributed by atoms with E-state index in [0.717, 1.165) is 5.56 Å². The van der Waals surface area contributed by atoms with Gasteiger partial charge in [0.25, 0.3) is 0 Å². The third-order valence-corrected chi connectivity index (χ3v) is 5.32. The van der Waals surface area contributed by atoms with Crippen LogP contribution in [0.5, 0.6) is 0 Å². The van der Waals surface area contributed by atoms with Crippen LogP contribution in [0, 0.1) is 11.6 Å². The van der Waals surface area contributed by atoms with Gasteiger partial charge in [-0.15, -0.1) is 0 Å². The molecule has 20 heavy (non-hydrogen) atoms. The Morgan fingerprint density at radius 1 is 0.900 bits per heavy atom. The van der Waals surface area contributed by atoms with Crippen molar-refractivity contribution in [3.63, 3.8) is 0 Å². The maximum absolute atomic E-state index is 13.5. The average Bonchev–Trinajstić information content (AvgIpc) is 2.37. The van der Waals surface area contributed by atoms with Gasteiger partial charge in [-0.3, -0.25) is 0 Å². The molecule has 1 N–H and O–H groups in total. The molecule has 0 aliphatic heterocycles. The van der Waals surface area contributed by atoms with E-state index in [1.807, 2.05) is 12.1 Å². The highest BCUT2D eigenvalue weighted by Crippen LogP contribution is 2.18. The van der Waals surface area contributed by atoms with E-state index in [0.29, 0.717) is 6.54 Å². The first-order chi connectivity index (χ1) is 9.38. The Morgan fingerprint density at radius 3 is 1.95 bits per heavy atom. The average molecular weight is 291 g/mol. The summed E-state index contributed by atoms with van der Waals surface area (Å²) in [7, 11) is -1.30. The van der Waals surface area contributed by atoms with Crippen molar-refractivity contribution in [2.24, 2.45) is 0 Å². The number of nitrogens with one attached hydrogen (secondary N) is 1. The van der Waals surface area contributed by atoms with E-state index in [9.17, 15) is 8.78 Å². The highest BCUT2D eigenvalue weighted by molar-refractivity contribution is 6.88. The number of hydrogen-bond donors (Lipinski definition) is 1. The van der Waals surface area contributed by atoms with Gasteiger partial charge in [0.15, 0.2) is 0 Å². The van der Waals surface area contributed by atoms with Gasteiger partial charge in [0, 0.05) is 6.54 Å². The molecule has 4 heteroatoms. The van der Waals surface area contributed by atoms with Crippen LogP contribution in [0.3, 0.4) is 0 Å². The monoisotopic (exact) mass is 291 g/mol. The highest BCUT2D eigenvalue weighted by Gasteiger charge is 2.15. The summed E-state index contributed by atoms with van der Waals surface area (Å²) < 4.78 is 27.0. The van der Waals surface area contributed by atoms with Crippen LogP contribution in [0.25, 0.3) is 0 Å². The summed E-state index contributed by atoms with van der Waals surface area (Å²) >= 11 is 0. The lowest BCUT2D eigenvalue weighted by molar-refractivity contribution is 0.588. The van der Waals surface area contributed by atoms with E-state index in [2.05, 4.69) is 37.1 Å². The van der Waals surface area contributed by atoms with Crippen LogP contribution in [-0.4, -0.2) is 8.07 Å². The first-order valence-electron chi connectivity index (χ1n) is 6.65. The SMILES string of the molecule is C[Si](C)(C)c1ccc(CNc2c(F)cccc2F)cc1. The summed E-state index contributed by atoms with van der Waals surface area (Å²) in [5.74, 6) is -1.13. The van der Waals surface area contributed by atoms with E-state index in [1.54, 1.807) is 0 Å². The van der Waals surface area contributed by atoms with Gasteiger partial charge >= 0.3 is 0 Å².